The molecule has 0 fully saturated rings. The standard InChI is InChI=1S/C16H12FN2O2S2/c1-11-2-8-14(9-3-11)19(23(20)21)15-10-18-16(22-15)12-4-6-13(17)7-5-12/h2-10,23H,1H2. The zero-order chi connectivity index (χ0) is 16.4. The maximum atomic E-state index is 13.0. The third kappa shape index (κ3) is 3.40. The molecule has 0 aliphatic rings. The minimum absolute atomic E-state index is 0.331. The lowest BCUT2D eigenvalue weighted by molar-refractivity contribution is 0.615. The molecular weight excluding hydrogens is 335 g/mol. The summed E-state index contributed by atoms with van der Waals surface area (Å²) in [4.78, 5) is 4.24. The van der Waals surface area contributed by atoms with Gasteiger partial charge in [0.05, 0.1) is 11.9 Å². The Morgan fingerprint density at radius 2 is 1.70 bits per heavy atom. The van der Waals surface area contributed by atoms with E-state index < -0.39 is 10.9 Å². The van der Waals surface area contributed by atoms with Gasteiger partial charge in [0.25, 0.3) is 0 Å². The first-order valence-corrected chi connectivity index (χ1v) is 8.57. The summed E-state index contributed by atoms with van der Waals surface area (Å²) < 4.78 is 37.5. The van der Waals surface area contributed by atoms with Gasteiger partial charge in [0.1, 0.15) is 15.8 Å². The maximum Gasteiger partial charge on any atom is 0.230 e. The Labute approximate surface area is 138 Å². The molecule has 0 spiro atoms. The maximum absolute atomic E-state index is 13.0. The van der Waals surface area contributed by atoms with Crippen LogP contribution in [-0.2, 0) is 10.9 Å². The molecule has 23 heavy (non-hydrogen) atoms. The van der Waals surface area contributed by atoms with Crippen molar-refractivity contribution in [2.24, 2.45) is 0 Å². The SMILES string of the molecule is [CH2]c1ccc(N(c2cnc(-c3ccc(F)cc3)s2)[SH](=O)=O)cc1. The van der Waals surface area contributed by atoms with Crippen molar-refractivity contribution in [2.75, 3.05) is 4.31 Å². The summed E-state index contributed by atoms with van der Waals surface area (Å²) in [6.07, 6.45) is 1.49. The number of hydrogen-bond donors (Lipinski definition) is 1. The molecule has 1 aromatic heterocycles. The lowest BCUT2D eigenvalue weighted by atomic mass is 10.2. The molecular formula is C16H12FN2O2S2. The molecule has 0 aliphatic carbocycles. The van der Waals surface area contributed by atoms with Crippen molar-refractivity contribution in [3.63, 3.8) is 0 Å². The van der Waals surface area contributed by atoms with E-state index in [-0.39, 0.29) is 5.82 Å². The van der Waals surface area contributed by atoms with Crippen molar-refractivity contribution in [3.8, 4) is 10.6 Å². The Balaban J connectivity index is 1.98. The van der Waals surface area contributed by atoms with Crippen LogP contribution in [0.3, 0.4) is 0 Å². The number of thiazole rings is 1. The molecule has 0 saturated carbocycles. The number of thiol groups is 1. The molecule has 0 saturated heterocycles. The normalized spacial score (nSPS) is 10.9. The predicted octanol–water partition coefficient (Wildman–Crippen LogP) is 3.80. The highest BCUT2D eigenvalue weighted by atomic mass is 32.2. The van der Waals surface area contributed by atoms with Gasteiger partial charge in [0.15, 0.2) is 0 Å². The van der Waals surface area contributed by atoms with Gasteiger partial charge in [-0.15, -0.1) is 0 Å². The molecule has 7 heteroatoms. The highest BCUT2D eigenvalue weighted by molar-refractivity contribution is 7.74. The lowest BCUT2D eigenvalue weighted by Gasteiger charge is -2.14. The number of benzene rings is 2. The largest absolute Gasteiger partial charge is 0.242 e. The lowest BCUT2D eigenvalue weighted by Crippen LogP contribution is -2.12. The van der Waals surface area contributed by atoms with Gasteiger partial charge in [0.2, 0.25) is 10.9 Å². The van der Waals surface area contributed by atoms with Gasteiger partial charge in [0, 0.05) is 5.56 Å². The van der Waals surface area contributed by atoms with Gasteiger partial charge >= 0.3 is 0 Å². The van der Waals surface area contributed by atoms with Crippen LogP contribution < -0.4 is 4.31 Å². The van der Waals surface area contributed by atoms with E-state index in [9.17, 15) is 12.8 Å². The van der Waals surface area contributed by atoms with E-state index in [1.54, 1.807) is 36.4 Å². The molecule has 1 heterocycles. The van der Waals surface area contributed by atoms with Gasteiger partial charge in [-0.1, -0.05) is 23.5 Å². The summed E-state index contributed by atoms with van der Waals surface area (Å²) in [5, 5.41) is 1.09. The van der Waals surface area contributed by atoms with Crippen LogP contribution in [0.15, 0.2) is 54.7 Å². The van der Waals surface area contributed by atoms with Gasteiger partial charge < -0.3 is 0 Å². The number of rotatable bonds is 4. The van der Waals surface area contributed by atoms with Gasteiger partial charge in [-0.25, -0.2) is 22.1 Å². The average molecular weight is 347 g/mol. The van der Waals surface area contributed by atoms with Crippen LogP contribution in [-0.4, -0.2) is 13.4 Å². The average Bonchev–Trinajstić information content (AvgIpc) is 2.99. The number of anilines is 2. The number of halogens is 1. The third-order valence-corrected chi connectivity index (χ3v) is 5.08. The molecule has 2 aromatic carbocycles. The van der Waals surface area contributed by atoms with E-state index in [0.717, 1.165) is 11.1 Å². The number of aromatic nitrogens is 1. The van der Waals surface area contributed by atoms with Gasteiger partial charge in [-0.05, 0) is 48.9 Å². The summed E-state index contributed by atoms with van der Waals surface area (Å²) in [5.41, 5.74) is 2.05. The highest BCUT2D eigenvalue weighted by Crippen LogP contribution is 2.35. The second-order valence-electron chi connectivity index (χ2n) is 4.73. The minimum Gasteiger partial charge on any atom is -0.242 e. The second kappa shape index (κ2) is 6.47. The summed E-state index contributed by atoms with van der Waals surface area (Å²) in [6.45, 7) is 3.78. The first-order chi connectivity index (χ1) is 11.0. The Kier molecular flexibility index (Phi) is 4.40. The zero-order valence-corrected chi connectivity index (χ0v) is 13.6. The summed E-state index contributed by atoms with van der Waals surface area (Å²) >= 11 is 1.22. The topological polar surface area (TPSA) is 50.3 Å². The Hall–Kier alpha value is -2.25. The molecule has 0 atom stereocenters. The van der Waals surface area contributed by atoms with E-state index >= 15 is 0 Å². The Morgan fingerprint density at radius 3 is 2.30 bits per heavy atom. The fourth-order valence-electron chi connectivity index (χ4n) is 2.03. The molecule has 3 rings (SSSR count). The van der Waals surface area contributed by atoms with E-state index in [2.05, 4.69) is 11.9 Å². The molecule has 4 nitrogen and oxygen atoms in total. The van der Waals surface area contributed by atoms with Crippen LogP contribution >= 0.6 is 11.3 Å². The smallest absolute Gasteiger partial charge is 0.230 e. The van der Waals surface area contributed by atoms with Crippen molar-refractivity contribution in [3.05, 3.63) is 73.0 Å². The monoisotopic (exact) mass is 347 g/mol. The van der Waals surface area contributed by atoms with Crippen LogP contribution in [0.1, 0.15) is 5.56 Å². The van der Waals surface area contributed by atoms with E-state index in [4.69, 9.17) is 0 Å². The number of hydrogen-bond acceptors (Lipinski definition) is 4. The summed E-state index contributed by atoms with van der Waals surface area (Å²) in [6, 6.07) is 12.8. The summed E-state index contributed by atoms with van der Waals surface area (Å²) in [5.74, 6) is -0.331. The molecule has 0 bridgehead atoms. The van der Waals surface area contributed by atoms with Crippen LogP contribution in [0, 0.1) is 12.7 Å². The van der Waals surface area contributed by atoms with Crippen LogP contribution in [0.2, 0.25) is 0 Å². The molecule has 0 unspecified atom stereocenters. The van der Waals surface area contributed by atoms with Crippen molar-refractivity contribution < 1.29 is 12.8 Å². The first kappa shape index (κ1) is 15.6. The van der Waals surface area contributed by atoms with E-state index in [1.807, 2.05) is 0 Å². The molecule has 1 radical (unpaired) electrons. The second-order valence-corrected chi connectivity index (χ2v) is 6.61. The summed E-state index contributed by atoms with van der Waals surface area (Å²) in [7, 11) is -2.86. The molecule has 0 amide bonds. The van der Waals surface area contributed by atoms with Gasteiger partial charge in [-0.2, -0.15) is 0 Å². The third-order valence-electron chi connectivity index (χ3n) is 3.14. The molecule has 117 valence electrons. The van der Waals surface area contributed by atoms with Crippen LogP contribution in [0.4, 0.5) is 15.1 Å². The molecule has 0 aliphatic heterocycles. The van der Waals surface area contributed by atoms with Crippen molar-refractivity contribution in [2.45, 2.75) is 0 Å². The minimum atomic E-state index is -2.86. The van der Waals surface area contributed by atoms with Crippen LogP contribution in [0.25, 0.3) is 10.6 Å². The Morgan fingerprint density at radius 1 is 1.04 bits per heavy atom. The predicted molar refractivity (Wildman–Crippen MR) is 90.9 cm³/mol. The van der Waals surface area contributed by atoms with Crippen molar-refractivity contribution in [1.29, 1.82) is 0 Å². The highest BCUT2D eigenvalue weighted by Gasteiger charge is 2.16. The van der Waals surface area contributed by atoms with E-state index in [0.29, 0.717) is 15.7 Å². The fourth-order valence-corrected chi connectivity index (χ4v) is 3.74. The fraction of sp³-hybridized carbons (Fsp3) is 0. The zero-order valence-electron chi connectivity index (χ0n) is 11.8. The van der Waals surface area contributed by atoms with E-state index in [1.165, 1.54) is 34.0 Å². The van der Waals surface area contributed by atoms with Crippen LogP contribution in [0.5, 0.6) is 0 Å². The Bertz CT molecular complexity index is 879. The quantitative estimate of drug-likeness (QED) is 0.731. The molecule has 3 aromatic rings. The number of nitrogens with zero attached hydrogens (tertiary/aromatic N) is 2. The first-order valence-electron chi connectivity index (χ1n) is 6.63. The molecule has 0 N–H and O–H groups in total. The van der Waals surface area contributed by atoms with Crippen molar-refractivity contribution in [1.82, 2.24) is 4.98 Å². The van der Waals surface area contributed by atoms with Gasteiger partial charge in [-0.3, -0.25) is 0 Å². The van der Waals surface area contributed by atoms with Crippen molar-refractivity contribution >= 4 is 32.9 Å².